The minimum absolute atomic E-state index is 0.213. The summed E-state index contributed by atoms with van der Waals surface area (Å²) in [5.74, 6) is 0.729. The van der Waals surface area contributed by atoms with Crippen molar-refractivity contribution in [1.82, 2.24) is 10.2 Å². The lowest BCUT2D eigenvalue weighted by atomic mass is 9.91. The van der Waals surface area contributed by atoms with Crippen LogP contribution in [0.25, 0.3) is 0 Å². The molecule has 106 valence electrons. The lowest BCUT2D eigenvalue weighted by Crippen LogP contribution is -2.45. The molecule has 1 heterocycles. The van der Waals surface area contributed by atoms with Crippen LogP contribution in [0.2, 0.25) is 0 Å². The van der Waals surface area contributed by atoms with Gasteiger partial charge in [0.25, 0.3) is 0 Å². The predicted molar refractivity (Wildman–Crippen MR) is 73.7 cm³/mol. The summed E-state index contributed by atoms with van der Waals surface area (Å²) in [6, 6.07) is -0.206. The number of rotatable bonds is 6. The number of carbonyl (C=O) groups is 1. The quantitative estimate of drug-likeness (QED) is 0.761. The molecule has 2 N–H and O–H groups in total. The molecule has 18 heavy (non-hydrogen) atoms. The van der Waals surface area contributed by atoms with E-state index in [0.29, 0.717) is 6.42 Å². The summed E-state index contributed by atoms with van der Waals surface area (Å²) in [6.07, 6.45) is 1.98. The Bertz CT molecular complexity index is 259. The highest BCUT2D eigenvalue weighted by Crippen LogP contribution is 2.21. The van der Waals surface area contributed by atoms with Crippen molar-refractivity contribution in [1.29, 1.82) is 0 Å². The molecular weight excluding hydrogens is 228 g/mol. The van der Waals surface area contributed by atoms with Crippen molar-refractivity contribution in [3.63, 3.8) is 0 Å². The van der Waals surface area contributed by atoms with E-state index in [2.05, 4.69) is 24.1 Å². The number of aliphatic carboxylic acids is 1. The summed E-state index contributed by atoms with van der Waals surface area (Å²) < 4.78 is 0. The molecule has 0 aromatic rings. The van der Waals surface area contributed by atoms with Gasteiger partial charge in [0.05, 0.1) is 0 Å². The molecule has 1 saturated heterocycles. The molecule has 0 aromatic heterocycles. The van der Waals surface area contributed by atoms with Crippen molar-refractivity contribution >= 4 is 5.97 Å². The molecule has 0 aliphatic carbocycles. The first-order valence-corrected chi connectivity index (χ1v) is 7.09. The minimum Gasteiger partial charge on any atom is -0.480 e. The van der Waals surface area contributed by atoms with E-state index in [0.717, 1.165) is 31.5 Å². The number of nitrogens with one attached hydrogen (secondary N) is 1. The number of carboxylic acid groups (broad SMARTS) is 1. The average Bonchev–Trinajstić information content (AvgIpc) is 2.21. The van der Waals surface area contributed by atoms with E-state index in [1.54, 1.807) is 0 Å². The molecule has 0 radical (unpaired) electrons. The van der Waals surface area contributed by atoms with E-state index >= 15 is 0 Å². The maximum atomic E-state index is 11.2. The highest BCUT2D eigenvalue weighted by atomic mass is 16.4. The molecule has 4 heteroatoms. The molecule has 0 spiro atoms. The standard InChI is InChI=1S/C14H28N2O2/c1-10(2)15-13(14(17)18)5-6-16-8-11(3)7-12(4)9-16/h10-13,15H,5-9H2,1-4H3,(H,17,18). The molecule has 1 aliphatic rings. The van der Waals surface area contributed by atoms with E-state index in [1.165, 1.54) is 6.42 Å². The third-order valence-electron chi connectivity index (χ3n) is 3.51. The van der Waals surface area contributed by atoms with Gasteiger partial charge < -0.3 is 15.3 Å². The number of piperidine rings is 1. The Hall–Kier alpha value is -0.610. The van der Waals surface area contributed by atoms with E-state index in [9.17, 15) is 9.90 Å². The highest BCUT2D eigenvalue weighted by molar-refractivity contribution is 5.73. The summed E-state index contributed by atoms with van der Waals surface area (Å²) in [7, 11) is 0. The number of carboxylic acids is 1. The van der Waals surface area contributed by atoms with E-state index < -0.39 is 12.0 Å². The monoisotopic (exact) mass is 256 g/mol. The number of likely N-dealkylation sites (tertiary alicyclic amines) is 1. The molecule has 0 bridgehead atoms. The van der Waals surface area contributed by atoms with Crippen molar-refractivity contribution in [3.05, 3.63) is 0 Å². The Kier molecular flexibility index (Phi) is 6.09. The summed E-state index contributed by atoms with van der Waals surface area (Å²) >= 11 is 0. The second-order valence-electron chi connectivity index (χ2n) is 6.21. The molecule has 0 saturated carbocycles. The van der Waals surface area contributed by atoms with Gasteiger partial charge in [-0.15, -0.1) is 0 Å². The van der Waals surface area contributed by atoms with Crippen LogP contribution < -0.4 is 5.32 Å². The highest BCUT2D eigenvalue weighted by Gasteiger charge is 2.24. The van der Waals surface area contributed by atoms with Crippen LogP contribution in [0.4, 0.5) is 0 Å². The van der Waals surface area contributed by atoms with Crippen LogP contribution in [-0.2, 0) is 4.79 Å². The van der Waals surface area contributed by atoms with Crippen LogP contribution in [0.3, 0.4) is 0 Å². The Balaban J connectivity index is 2.39. The van der Waals surface area contributed by atoms with Gasteiger partial charge in [0, 0.05) is 25.7 Å². The van der Waals surface area contributed by atoms with Crippen LogP contribution in [0.1, 0.15) is 40.5 Å². The average molecular weight is 256 g/mol. The summed E-state index contributed by atoms with van der Waals surface area (Å²) in [5.41, 5.74) is 0. The van der Waals surface area contributed by atoms with Crippen LogP contribution >= 0.6 is 0 Å². The zero-order chi connectivity index (χ0) is 13.7. The normalized spacial score (nSPS) is 27.4. The molecule has 0 aromatic carbocycles. The van der Waals surface area contributed by atoms with Gasteiger partial charge >= 0.3 is 5.97 Å². The first-order chi connectivity index (χ1) is 8.38. The Labute approximate surface area is 111 Å². The molecule has 3 unspecified atom stereocenters. The SMILES string of the molecule is CC1CC(C)CN(CCC(NC(C)C)C(=O)O)C1. The van der Waals surface area contributed by atoms with Crippen molar-refractivity contribution in [2.24, 2.45) is 11.8 Å². The molecule has 1 fully saturated rings. The molecule has 1 rings (SSSR count). The third kappa shape index (κ3) is 5.36. The number of hydrogen-bond acceptors (Lipinski definition) is 3. The number of hydrogen-bond donors (Lipinski definition) is 2. The molecule has 3 atom stereocenters. The number of nitrogens with zero attached hydrogens (tertiary/aromatic N) is 1. The second kappa shape index (κ2) is 7.10. The fraction of sp³-hybridized carbons (Fsp3) is 0.929. The Morgan fingerprint density at radius 2 is 1.89 bits per heavy atom. The van der Waals surface area contributed by atoms with Crippen molar-refractivity contribution in [2.45, 2.75) is 52.6 Å². The molecular formula is C14H28N2O2. The van der Waals surface area contributed by atoms with E-state index in [1.807, 2.05) is 13.8 Å². The fourth-order valence-electron chi connectivity index (χ4n) is 2.97. The fourth-order valence-corrected chi connectivity index (χ4v) is 2.97. The van der Waals surface area contributed by atoms with Crippen molar-refractivity contribution < 1.29 is 9.90 Å². The van der Waals surface area contributed by atoms with Crippen molar-refractivity contribution in [2.75, 3.05) is 19.6 Å². The van der Waals surface area contributed by atoms with Gasteiger partial charge in [-0.2, -0.15) is 0 Å². The first-order valence-electron chi connectivity index (χ1n) is 7.09. The van der Waals surface area contributed by atoms with Gasteiger partial charge in [-0.1, -0.05) is 27.7 Å². The van der Waals surface area contributed by atoms with Crippen molar-refractivity contribution in [3.8, 4) is 0 Å². The maximum Gasteiger partial charge on any atom is 0.320 e. The lowest BCUT2D eigenvalue weighted by molar-refractivity contribution is -0.140. The van der Waals surface area contributed by atoms with Gasteiger partial charge in [0.15, 0.2) is 0 Å². The summed E-state index contributed by atoms with van der Waals surface area (Å²) in [4.78, 5) is 13.6. The largest absolute Gasteiger partial charge is 0.480 e. The lowest BCUT2D eigenvalue weighted by Gasteiger charge is -2.35. The zero-order valence-corrected chi connectivity index (χ0v) is 12.1. The predicted octanol–water partition coefficient (Wildman–Crippen LogP) is 1.81. The van der Waals surface area contributed by atoms with Crippen LogP contribution in [0, 0.1) is 11.8 Å². The zero-order valence-electron chi connectivity index (χ0n) is 12.1. The molecule has 1 aliphatic heterocycles. The Morgan fingerprint density at radius 1 is 1.33 bits per heavy atom. The maximum absolute atomic E-state index is 11.2. The van der Waals surface area contributed by atoms with E-state index in [-0.39, 0.29) is 6.04 Å². The second-order valence-corrected chi connectivity index (χ2v) is 6.21. The third-order valence-corrected chi connectivity index (χ3v) is 3.51. The Morgan fingerprint density at radius 3 is 2.33 bits per heavy atom. The van der Waals surface area contributed by atoms with Gasteiger partial charge in [-0.05, 0) is 24.7 Å². The van der Waals surface area contributed by atoms with E-state index in [4.69, 9.17) is 0 Å². The topological polar surface area (TPSA) is 52.6 Å². The van der Waals surface area contributed by atoms with Gasteiger partial charge in [-0.3, -0.25) is 4.79 Å². The minimum atomic E-state index is -0.734. The smallest absolute Gasteiger partial charge is 0.320 e. The van der Waals surface area contributed by atoms with Gasteiger partial charge in [-0.25, -0.2) is 0 Å². The van der Waals surface area contributed by atoms with Crippen LogP contribution in [0.15, 0.2) is 0 Å². The molecule has 4 nitrogen and oxygen atoms in total. The van der Waals surface area contributed by atoms with Crippen LogP contribution in [0.5, 0.6) is 0 Å². The summed E-state index contributed by atoms with van der Waals surface area (Å²) in [5, 5.41) is 12.3. The summed E-state index contributed by atoms with van der Waals surface area (Å²) in [6.45, 7) is 11.6. The first kappa shape index (κ1) is 15.4. The van der Waals surface area contributed by atoms with Gasteiger partial charge in [0.1, 0.15) is 6.04 Å². The van der Waals surface area contributed by atoms with Crippen LogP contribution in [-0.4, -0.2) is 47.7 Å². The van der Waals surface area contributed by atoms with Gasteiger partial charge in [0.2, 0.25) is 0 Å². The molecule has 0 amide bonds.